The van der Waals surface area contributed by atoms with Gasteiger partial charge < -0.3 is 14.1 Å². The Morgan fingerprint density at radius 1 is 1.30 bits per heavy atom. The van der Waals surface area contributed by atoms with Crippen LogP contribution in [-0.2, 0) is 11.3 Å². The normalized spacial score (nSPS) is 25.3. The number of hydrogen-bond acceptors (Lipinski definition) is 5. The predicted molar refractivity (Wildman–Crippen MR) is 87.4 cm³/mol. The van der Waals surface area contributed by atoms with E-state index in [1.54, 1.807) is 29.7 Å². The standard InChI is InChI=1S/C17H20N2O3S/c20-17(15-2-1-5-21-15)19-4-6-22-16-11-18(9-14(16)10-19)8-13-3-7-23-12-13/h1-3,5,7,12,14,16H,4,6,8-11H2/t14-,16-/m0/s1. The zero-order valence-electron chi connectivity index (χ0n) is 12.9. The predicted octanol–water partition coefficient (Wildman–Crippen LogP) is 2.31. The van der Waals surface area contributed by atoms with Crippen LogP contribution in [-0.4, -0.2) is 54.6 Å². The summed E-state index contributed by atoms with van der Waals surface area (Å²) in [5.74, 6) is 0.752. The van der Waals surface area contributed by atoms with Gasteiger partial charge in [-0.05, 0) is 34.5 Å². The fourth-order valence-corrected chi connectivity index (χ4v) is 4.15. The number of fused-ring (bicyclic) bond motifs is 1. The summed E-state index contributed by atoms with van der Waals surface area (Å²) in [7, 11) is 0. The number of furan rings is 1. The molecule has 0 bridgehead atoms. The Kier molecular flexibility index (Phi) is 4.20. The highest BCUT2D eigenvalue weighted by molar-refractivity contribution is 7.07. The van der Waals surface area contributed by atoms with Crippen LogP contribution in [0.2, 0.25) is 0 Å². The van der Waals surface area contributed by atoms with Gasteiger partial charge in [0.25, 0.3) is 5.91 Å². The molecule has 1 amide bonds. The Bertz CT molecular complexity index is 641. The van der Waals surface area contributed by atoms with Gasteiger partial charge in [-0.1, -0.05) is 0 Å². The van der Waals surface area contributed by atoms with E-state index in [1.807, 2.05) is 4.90 Å². The number of carbonyl (C=O) groups excluding carboxylic acids is 1. The summed E-state index contributed by atoms with van der Waals surface area (Å²) >= 11 is 1.73. The van der Waals surface area contributed by atoms with Crippen molar-refractivity contribution in [1.82, 2.24) is 9.80 Å². The number of rotatable bonds is 3. The third-order valence-corrected chi connectivity index (χ3v) is 5.34. The molecule has 0 aliphatic carbocycles. The Labute approximate surface area is 139 Å². The van der Waals surface area contributed by atoms with Crippen LogP contribution in [0.3, 0.4) is 0 Å². The van der Waals surface area contributed by atoms with Gasteiger partial charge in [-0.15, -0.1) is 0 Å². The van der Waals surface area contributed by atoms with Crippen molar-refractivity contribution in [2.24, 2.45) is 5.92 Å². The van der Waals surface area contributed by atoms with Crippen LogP contribution in [0.1, 0.15) is 16.1 Å². The molecule has 2 aromatic heterocycles. The first-order chi connectivity index (χ1) is 11.3. The number of ether oxygens (including phenoxy) is 1. The van der Waals surface area contributed by atoms with E-state index in [9.17, 15) is 4.79 Å². The van der Waals surface area contributed by atoms with E-state index in [4.69, 9.17) is 9.15 Å². The summed E-state index contributed by atoms with van der Waals surface area (Å²) in [5, 5.41) is 4.31. The monoisotopic (exact) mass is 332 g/mol. The van der Waals surface area contributed by atoms with E-state index in [2.05, 4.69) is 21.7 Å². The minimum Gasteiger partial charge on any atom is -0.459 e. The number of hydrogen-bond donors (Lipinski definition) is 0. The molecule has 5 nitrogen and oxygen atoms in total. The maximum Gasteiger partial charge on any atom is 0.289 e. The molecule has 0 N–H and O–H groups in total. The smallest absolute Gasteiger partial charge is 0.289 e. The molecule has 2 aliphatic heterocycles. The van der Waals surface area contributed by atoms with Crippen LogP contribution in [0.4, 0.5) is 0 Å². The maximum absolute atomic E-state index is 12.5. The van der Waals surface area contributed by atoms with Crippen LogP contribution in [0.15, 0.2) is 39.6 Å². The minimum atomic E-state index is -0.0319. The van der Waals surface area contributed by atoms with Gasteiger partial charge in [-0.2, -0.15) is 11.3 Å². The first-order valence-corrected chi connectivity index (χ1v) is 8.91. The van der Waals surface area contributed by atoms with E-state index in [0.717, 1.165) is 26.2 Å². The van der Waals surface area contributed by atoms with Crippen molar-refractivity contribution in [3.8, 4) is 0 Å². The lowest BCUT2D eigenvalue weighted by atomic mass is 10.1. The molecule has 122 valence electrons. The van der Waals surface area contributed by atoms with Gasteiger partial charge in [-0.3, -0.25) is 9.69 Å². The molecule has 0 unspecified atom stereocenters. The Morgan fingerprint density at radius 2 is 2.26 bits per heavy atom. The van der Waals surface area contributed by atoms with Gasteiger partial charge >= 0.3 is 0 Å². The third kappa shape index (κ3) is 3.20. The molecule has 6 heteroatoms. The molecule has 2 fully saturated rings. The van der Waals surface area contributed by atoms with Crippen molar-refractivity contribution >= 4 is 17.2 Å². The molecule has 4 rings (SSSR count). The minimum absolute atomic E-state index is 0.0319. The van der Waals surface area contributed by atoms with Gasteiger partial charge in [0.2, 0.25) is 0 Å². The van der Waals surface area contributed by atoms with E-state index in [-0.39, 0.29) is 12.0 Å². The molecule has 2 saturated heterocycles. The largest absolute Gasteiger partial charge is 0.459 e. The fraction of sp³-hybridized carbons (Fsp3) is 0.471. The second kappa shape index (κ2) is 6.47. The van der Waals surface area contributed by atoms with Gasteiger partial charge in [-0.25, -0.2) is 0 Å². The zero-order chi connectivity index (χ0) is 15.6. The number of nitrogens with zero attached hydrogens (tertiary/aromatic N) is 2. The summed E-state index contributed by atoms with van der Waals surface area (Å²) in [6.45, 7) is 4.86. The highest BCUT2D eigenvalue weighted by atomic mass is 32.1. The topological polar surface area (TPSA) is 45.9 Å². The van der Waals surface area contributed by atoms with Gasteiger partial charge in [0.05, 0.1) is 19.0 Å². The summed E-state index contributed by atoms with van der Waals surface area (Å²) in [5.41, 5.74) is 1.36. The number of carbonyl (C=O) groups is 1. The van der Waals surface area contributed by atoms with Crippen molar-refractivity contribution < 1.29 is 13.9 Å². The van der Waals surface area contributed by atoms with Gasteiger partial charge in [0.15, 0.2) is 5.76 Å². The van der Waals surface area contributed by atoms with Crippen molar-refractivity contribution in [1.29, 1.82) is 0 Å². The molecule has 0 spiro atoms. The van der Waals surface area contributed by atoms with Crippen molar-refractivity contribution in [2.45, 2.75) is 12.6 Å². The molecular formula is C17H20N2O3S. The maximum atomic E-state index is 12.5. The van der Waals surface area contributed by atoms with Crippen LogP contribution in [0.25, 0.3) is 0 Å². The van der Waals surface area contributed by atoms with Crippen LogP contribution in [0.5, 0.6) is 0 Å². The lowest BCUT2D eigenvalue weighted by Crippen LogP contribution is -2.37. The first-order valence-electron chi connectivity index (χ1n) is 7.97. The molecule has 2 aliphatic rings. The van der Waals surface area contributed by atoms with Crippen LogP contribution >= 0.6 is 11.3 Å². The van der Waals surface area contributed by atoms with Gasteiger partial charge in [0.1, 0.15) is 0 Å². The van der Waals surface area contributed by atoms with Crippen LogP contribution in [0, 0.1) is 5.92 Å². The first kappa shape index (κ1) is 14.9. The van der Waals surface area contributed by atoms with Crippen molar-refractivity contribution in [2.75, 3.05) is 32.8 Å². The van der Waals surface area contributed by atoms with E-state index in [0.29, 0.717) is 24.8 Å². The molecular weight excluding hydrogens is 312 g/mol. The highest BCUT2D eigenvalue weighted by Crippen LogP contribution is 2.26. The molecule has 4 heterocycles. The highest BCUT2D eigenvalue weighted by Gasteiger charge is 2.37. The lowest BCUT2D eigenvalue weighted by Gasteiger charge is -2.22. The quantitative estimate of drug-likeness (QED) is 0.865. The average Bonchev–Trinajstić information content (AvgIpc) is 3.28. The van der Waals surface area contributed by atoms with Gasteiger partial charge in [0, 0.05) is 38.6 Å². The number of likely N-dealkylation sites (tertiary alicyclic amines) is 1. The second-order valence-electron chi connectivity index (χ2n) is 6.22. The summed E-state index contributed by atoms with van der Waals surface area (Å²) in [4.78, 5) is 16.8. The van der Waals surface area contributed by atoms with E-state index in [1.165, 1.54) is 5.56 Å². The van der Waals surface area contributed by atoms with E-state index >= 15 is 0 Å². The fourth-order valence-electron chi connectivity index (χ4n) is 3.49. The number of thiophene rings is 1. The molecule has 2 atom stereocenters. The lowest BCUT2D eigenvalue weighted by molar-refractivity contribution is 0.0498. The molecule has 2 aromatic rings. The molecule has 0 aromatic carbocycles. The Balaban J connectivity index is 1.41. The summed E-state index contributed by atoms with van der Waals surface area (Å²) < 4.78 is 11.3. The average molecular weight is 332 g/mol. The summed E-state index contributed by atoms with van der Waals surface area (Å²) in [6.07, 6.45) is 1.77. The second-order valence-corrected chi connectivity index (χ2v) is 7.00. The molecule has 0 radical (unpaired) electrons. The molecule has 0 saturated carbocycles. The molecule has 23 heavy (non-hydrogen) atoms. The Morgan fingerprint density at radius 3 is 3.04 bits per heavy atom. The SMILES string of the molecule is O=C(c1ccco1)N1CCO[C@H]2CN(Cc3ccsc3)C[C@H]2C1. The summed E-state index contributed by atoms with van der Waals surface area (Å²) in [6, 6.07) is 5.65. The third-order valence-electron chi connectivity index (χ3n) is 4.61. The van der Waals surface area contributed by atoms with Crippen molar-refractivity contribution in [3.63, 3.8) is 0 Å². The van der Waals surface area contributed by atoms with E-state index < -0.39 is 0 Å². The Hall–Kier alpha value is -1.63. The van der Waals surface area contributed by atoms with Crippen LogP contribution < -0.4 is 0 Å². The number of amides is 1. The zero-order valence-corrected chi connectivity index (χ0v) is 13.7. The van der Waals surface area contributed by atoms with Crippen molar-refractivity contribution in [3.05, 3.63) is 46.5 Å².